The number of nitrogens with one attached hydrogen (secondary N) is 1. The summed E-state index contributed by atoms with van der Waals surface area (Å²) in [6.45, 7) is 12.3. The van der Waals surface area contributed by atoms with E-state index in [1.807, 2.05) is 0 Å². The first-order valence-corrected chi connectivity index (χ1v) is 6.24. The molecular weight excluding hydrogens is 248 g/mol. The second-order valence-corrected chi connectivity index (χ2v) is 6.82. The normalized spacial score (nSPS) is 12.3. The van der Waals surface area contributed by atoms with E-state index in [9.17, 15) is 4.79 Å². The smallest absolute Gasteiger partial charge is 0.408 e. The molecule has 0 bridgehead atoms. The maximum atomic E-state index is 11.2. The lowest BCUT2D eigenvalue weighted by Crippen LogP contribution is -2.48. The Labute approximate surface area is 116 Å². The van der Waals surface area contributed by atoms with E-state index in [2.05, 4.69) is 5.32 Å². The van der Waals surface area contributed by atoms with Gasteiger partial charge in [-0.2, -0.15) is 0 Å². The zero-order chi connectivity index (χ0) is 15.9. The summed E-state index contributed by atoms with van der Waals surface area (Å²) in [7, 11) is 0. The number of nitrogens with two attached hydrogens (primary N) is 1. The number of hydrogen-bond donors (Lipinski definition) is 4. The Bertz CT molecular complexity index is 265. The van der Waals surface area contributed by atoms with Crippen LogP contribution in [-0.2, 0) is 4.74 Å². The van der Waals surface area contributed by atoms with E-state index >= 15 is 0 Å². The van der Waals surface area contributed by atoms with Crippen molar-refractivity contribution in [3.05, 3.63) is 0 Å². The standard InChI is InChI=1S/C9H19NO3.C4H11NO/c1-8(2,3)13-7(12)10-9(4,5)6-11;1-4(2,5)3-6/h11H,6H2,1-5H3,(H,10,12);6H,3,5H2,1-2H3. The van der Waals surface area contributed by atoms with Crippen LogP contribution in [0.2, 0.25) is 0 Å². The van der Waals surface area contributed by atoms with Crippen molar-refractivity contribution in [2.24, 2.45) is 5.73 Å². The summed E-state index contributed by atoms with van der Waals surface area (Å²) >= 11 is 0. The molecule has 0 atom stereocenters. The molecule has 6 nitrogen and oxygen atoms in total. The summed E-state index contributed by atoms with van der Waals surface area (Å²) in [4.78, 5) is 11.2. The monoisotopic (exact) mass is 278 g/mol. The molecule has 19 heavy (non-hydrogen) atoms. The number of aliphatic hydroxyl groups excluding tert-OH is 2. The van der Waals surface area contributed by atoms with E-state index in [1.54, 1.807) is 48.5 Å². The van der Waals surface area contributed by atoms with Crippen LogP contribution in [-0.4, -0.2) is 46.2 Å². The van der Waals surface area contributed by atoms with Gasteiger partial charge in [0.05, 0.1) is 18.8 Å². The fourth-order valence-electron chi connectivity index (χ4n) is 0.619. The SMILES string of the molecule is CC(C)(CO)NC(=O)OC(C)(C)C.CC(C)(N)CO. The Balaban J connectivity index is 0. The average molecular weight is 278 g/mol. The molecule has 0 rings (SSSR count). The quantitative estimate of drug-likeness (QED) is 0.616. The van der Waals surface area contributed by atoms with Gasteiger partial charge in [0.25, 0.3) is 0 Å². The third kappa shape index (κ3) is 17.1. The fourth-order valence-corrected chi connectivity index (χ4v) is 0.619. The van der Waals surface area contributed by atoms with Crippen LogP contribution in [0.4, 0.5) is 4.79 Å². The van der Waals surface area contributed by atoms with Crippen LogP contribution in [0.15, 0.2) is 0 Å². The third-order valence-corrected chi connectivity index (χ3v) is 1.64. The van der Waals surface area contributed by atoms with E-state index < -0.39 is 22.8 Å². The molecule has 5 N–H and O–H groups in total. The van der Waals surface area contributed by atoms with Crippen LogP contribution in [0.1, 0.15) is 48.5 Å². The van der Waals surface area contributed by atoms with Gasteiger partial charge in [-0.25, -0.2) is 4.79 Å². The highest BCUT2D eigenvalue weighted by Gasteiger charge is 2.23. The Kier molecular flexibility index (Phi) is 8.26. The summed E-state index contributed by atoms with van der Waals surface area (Å²) in [5, 5.41) is 19.7. The van der Waals surface area contributed by atoms with Crippen molar-refractivity contribution in [1.29, 1.82) is 0 Å². The number of rotatable bonds is 3. The van der Waals surface area contributed by atoms with Crippen molar-refractivity contribution in [2.45, 2.75) is 65.1 Å². The molecule has 1 amide bonds. The average Bonchev–Trinajstić information content (AvgIpc) is 2.13. The molecule has 0 aromatic heterocycles. The topological polar surface area (TPSA) is 105 Å². The molecule has 0 aromatic rings. The summed E-state index contributed by atoms with van der Waals surface area (Å²) in [5.41, 5.74) is 3.74. The van der Waals surface area contributed by atoms with Crippen LogP contribution < -0.4 is 11.1 Å². The van der Waals surface area contributed by atoms with Gasteiger partial charge in [-0.3, -0.25) is 0 Å². The van der Waals surface area contributed by atoms with E-state index in [0.717, 1.165) is 0 Å². The summed E-state index contributed by atoms with van der Waals surface area (Å²) in [6, 6.07) is 0. The Hall–Kier alpha value is -0.850. The molecule has 0 aliphatic rings. The van der Waals surface area contributed by atoms with Crippen molar-refractivity contribution < 1.29 is 19.7 Å². The van der Waals surface area contributed by atoms with Gasteiger partial charge < -0.3 is 26.0 Å². The van der Waals surface area contributed by atoms with Crippen LogP contribution in [0.25, 0.3) is 0 Å². The molecule has 0 aliphatic carbocycles. The largest absolute Gasteiger partial charge is 0.444 e. The Morgan fingerprint density at radius 1 is 1.05 bits per heavy atom. The molecule has 116 valence electrons. The number of amides is 1. The first-order valence-electron chi connectivity index (χ1n) is 6.24. The molecule has 0 aromatic carbocycles. The number of carbonyl (C=O) groups excluding carboxylic acids is 1. The minimum Gasteiger partial charge on any atom is -0.444 e. The highest BCUT2D eigenvalue weighted by atomic mass is 16.6. The Morgan fingerprint density at radius 2 is 1.42 bits per heavy atom. The number of hydrogen-bond acceptors (Lipinski definition) is 5. The van der Waals surface area contributed by atoms with Gasteiger partial charge in [0.2, 0.25) is 0 Å². The molecule has 0 saturated heterocycles. The molecule has 6 heteroatoms. The molecule has 0 radical (unpaired) electrons. The van der Waals surface area contributed by atoms with Crippen molar-refractivity contribution in [1.82, 2.24) is 5.32 Å². The van der Waals surface area contributed by atoms with E-state index in [4.69, 9.17) is 20.7 Å². The zero-order valence-electron chi connectivity index (χ0n) is 13.2. The minimum atomic E-state index is -0.637. The second kappa shape index (κ2) is 7.67. The fraction of sp³-hybridized carbons (Fsp3) is 0.923. The van der Waals surface area contributed by atoms with Crippen LogP contribution in [0, 0.1) is 0 Å². The molecule has 0 unspecified atom stereocenters. The van der Waals surface area contributed by atoms with Gasteiger partial charge in [-0.15, -0.1) is 0 Å². The second-order valence-electron chi connectivity index (χ2n) is 6.82. The van der Waals surface area contributed by atoms with Crippen molar-refractivity contribution >= 4 is 6.09 Å². The lowest BCUT2D eigenvalue weighted by Gasteiger charge is -2.26. The number of alkyl carbamates (subject to hydrolysis) is 1. The first-order chi connectivity index (χ1) is 8.22. The highest BCUT2D eigenvalue weighted by molar-refractivity contribution is 5.68. The number of aliphatic hydroxyl groups is 2. The van der Waals surface area contributed by atoms with Crippen LogP contribution in [0.3, 0.4) is 0 Å². The lowest BCUT2D eigenvalue weighted by atomic mass is 10.1. The summed E-state index contributed by atoms with van der Waals surface area (Å²) in [5.74, 6) is 0. The molecule has 0 spiro atoms. The lowest BCUT2D eigenvalue weighted by molar-refractivity contribution is 0.0431. The minimum absolute atomic E-state index is 0.0486. The van der Waals surface area contributed by atoms with Crippen molar-refractivity contribution in [2.75, 3.05) is 13.2 Å². The predicted molar refractivity (Wildman–Crippen MR) is 75.9 cm³/mol. The highest BCUT2D eigenvalue weighted by Crippen LogP contribution is 2.08. The zero-order valence-corrected chi connectivity index (χ0v) is 13.2. The first kappa shape index (κ1) is 20.5. The summed E-state index contributed by atoms with van der Waals surface area (Å²) < 4.78 is 5.01. The van der Waals surface area contributed by atoms with Crippen LogP contribution in [0.5, 0.6) is 0 Å². The van der Waals surface area contributed by atoms with E-state index in [-0.39, 0.29) is 13.2 Å². The van der Waals surface area contributed by atoms with Gasteiger partial charge >= 0.3 is 6.09 Å². The maximum absolute atomic E-state index is 11.2. The van der Waals surface area contributed by atoms with Crippen molar-refractivity contribution in [3.8, 4) is 0 Å². The van der Waals surface area contributed by atoms with Gasteiger partial charge in [0.1, 0.15) is 5.60 Å². The molecule has 0 fully saturated rings. The van der Waals surface area contributed by atoms with Crippen molar-refractivity contribution in [3.63, 3.8) is 0 Å². The molecular formula is C13H30N2O4. The van der Waals surface area contributed by atoms with Crippen LogP contribution >= 0.6 is 0 Å². The predicted octanol–water partition coefficient (Wildman–Crippen LogP) is 0.998. The van der Waals surface area contributed by atoms with Gasteiger partial charge in [-0.1, -0.05) is 0 Å². The van der Waals surface area contributed by atoms with E-state index in [1.165, 1.54) is 0 Å². The van der Waals surface area contributed by atoms with Gasteiger partial charge in [-0.05, 0) is 48.5 Å². The summed E-state index contributed by atoms with van der Waals surface area (Å²) in [6.07, 6.45) is -0.508. The maximum Gasteiger partial charge on any atom is 0.408 e. The molecule has 0 saturated carbocycles. The van der Waals surface area contributed by atoms with E-state index in [0.29, 0.717) is 0 Å². The molecule has 0 heterocycles. The molecule has 0 aliphatic heterocycles. The van der Waals surface area contributed by atoms with Gasteiger partial charge in [0.15, 0.2) is 0 Å². The van der Waals surface area contributed by atoms with Gasteiger partial charge in [0, 0.05) is 5.54 Å². The Morgan fingerprint density at radius 3 is 1.63 bits per heavy atom. The third-order valence-electron chi connectivity index (χ3n) is 1.64. The number of ether oxygens (including phenoxy) is 1. The number of carbonyl (C=O) groups is 1.